The molecule has 4 heteroatoms. The van der Waals surface area contributed by atoms with E-state index in [9.17, 15) is 9.90 Å². The van der Waals surface area contributed by atoms with Crippen molar-refractivity contribution in [2.24, 2.45) is 17.1 Å². The van der Waals surface area contributed by atoms with Crippen LogP contribution < -0.4 is 11.1 Å². The van der Waals surface area contributed by atoms with Crippen molar-refractivity contribution in [1.29, 1.82) is 0 Å². The van der Waals surface area contributed by atoms with E-state index in [1.807, 2.05) is 6.92 Å². The number of carbonyl (C=O) groups is 1. The molecule has 1 fully saturated rings. The Labute approximate surface area is 117 Å². The minimum Gasteiger partial charge on any atom is -0.388 e. The second-order valence-electron chi connectivity index (χ2n) is 7.04. The van der Waals surface area contributed by atoms with Crippen molar-refractivity contribution in [3.05, 3.63) is 0 Å². The maximum Gasteiger partial charge on any atom is 0.220 e. The van der Waals surface area contributed by atoms with Gasteiger partial charge in [0, 0.05) is 13.0 Å². The van der Waals surface area contributed by atoms with E-state index in [-0.39, 0.29) is 5.91 Å². The monoisotopic (exact) mass is 270 g/mol. The fourth-order valence-electron chi connectivity index (χ4n) is 2.42. The minimum absolute atomic E-state index is 0.0264. The Bertz CT molecular complexity index is 293. The number of hydrogen-bond donors (Lipinski definition) is 3. The molecule has 4 nitrogen and oxygen atoms in total. The molecule has 0 bridgehead atoms. The molecule has 1 unspecified atom stereocenters. The number of rotatable bonds is 6. The van der Waals surface area contributed by atoms with Gasteiger partial charge in [0.25, 0.3) is 0 Å². The molecular formula is C15H30N2O2. The first-order valence-electron chi connectivity index (χ1n) is 7.45. The summed E-state index contributed by atoms with van der Waals surface area (Å²) in [5, 5.41) is 13.3. The van der Waals surface area contributed by atoms with Gasteiger partial charge in [0.2, 0.25) is 5.91 Å². The highest BCUT2D eigenvalue weighted by molar-refractivity contribution is 5.75. The Morgan fingerprint density at radius 2 is 1.89 bits per heavy atom. The van der Waals surface area contributed by atoms with E-state index >= 15 is 0 Å². The summed E-state index contributed by atoms with van der Waals surface area (Å²) in [6.45, 7) is 7.52. The standard InChI is InChI=1S/C15H30N2O2/c1-12(10-16)4-5-13(18)17-11-15(19)8-6-14(2,3)7-9-15/h12,19H,4-11,16H2,1-3H3,(H,17,18). The molecule has 1 atom stereocenters. The van der Waals surface area contributed by atoms with Crippen molar-refractivity contribution in [2.45, 2.75) is 64.9 Å². The van der Waals surface area contributed by atoms with Gasteiger partial charge in [0.15, 0.2) is 0 Å². The van der Waals surface area contributed by atoms with Crippen molar-refractivity contribution in [2.75, 3.05) is 13.1 Å². The Morgan fingerprint density at radius 1 is 1.32 bits per heavy atom. The van der Waals surface area contributed by atoms with Crippen molar-refractivity contribution < 1.29 is 9.90 Å². The van der Waals surface area contributed by atoms with Gasteiger partial charge in [0.05, 0.1) is 5.60 Å². The van der Waals surface area contributed by atoms with Gasteiger partial charge in [-0.2, -0.15) is 0 Å². The lowest BCUT2D eigenvalue weighted by atomic mass is 9.71. The summed E-state index contributed by atoms with van der Waals surface area (Å²) in [5.41, 5.74) is 5.15. The van der Waals surface area contributed by atoms with Crippen LogP contribution in [0.3, 0.4) is 0 Å². The van der Waals surface area contributed by atoms with E-state index in [4.69, 9.17) is 5.73 Å². The van der Waals surface area contributed by atoms with Gasteiger partial charge in [-0.3, -0.25) is 4.79 Å². The SMILES string of the molecule is CC(CN)CCC(=O)NCC1(O)CCC(C)(C)CC1. The quantitative estimate of drug-likeness (QED) is 0.689. The van der Waals surface area contributed by atoms with E-state index < -0.39 is 5.60 Å². The Hall–Kier alpha value is -0.610. The summed E-state index contributed by atoms with van der Waals surface area (Å²) in [5.74, 6) is 0.405. The van der Waals surface area contributed by atoms with Gasteiger partial charge in [-0.25, -0.2) is 0 Å². The average molecular weight is 270 g/mol. The smallest absolute Gasteiger partial charge is 0.220 e. The molecule has 0 aromatic carbocycles. The Morgan fingerprint density at radius 3 is 2.42 bits per heavy atom. The number of aliphatic hydroxyl groups is 1. The first-order valence-corrected chi connectivity index (χ1v) is 7.45. The highest BCUT2D eigenvalue weighted by Gasteiger charge is 2.36. The molecule has 0 heterocycles. The van der Waals surface area contributed by atoms with Gasteiger partial charge in [-0.05, 0) is 50.0 Å². The van der Waals surface area contributed by atoms with Crippen LogP contribution in [0.5, 0.6) is 0 Å². The van der Waals surface area contributed by atoms with Crippen LogP contribution in [-0.4, -0.2) is 29.7 Å². The molecular weight excluding hydrogens is 240 g/mol. The summed E-state index contributed by atoms with van der Waals surface area (Å²) in [7, 11) is 0. The third kappa shape index (κ3) is 5.91. The van der Waals surface area contributed by atoms with Crippen molar-refractivity contribution in [3.8, 4) is 0 Å². The molecule has 0 aromatic heterocycles. The van der Waals surface area contributed by atoms with Gasteiger partial charge in [-0.1, -0.05) is 20.8 Å². The molecule has 0 spiro atoms. The predicted molar refractivity (Wildman–Crippen MR) is 77.7 cm³/mol. The van der Waals surface area contributed by atoms with Crippen LogP contribution in [0.25, 0.3) is 0 Å². The number of nitrogens with two attached hydrogens (primary N) is 1. The topological polar surface area (TPSA) is 75.4 Å². The molecule has 1 amide bonds. The second-order valence-corrected chi connectivity index (χ2v) is 7.04. The molecule has 1 aliphatic carbocycles. The largest absolute Gasteiger partial charge is 0.388 e. The maximum atomic E-state index is 11.7. The first-order chi connectivity index (χ1) is 8.76. The first kappa shape index (κ1) is 16.4. The highest BCUT2D eigenvalue weighted by Crippen LogP contribution is 2.39. The Kier molecular flexibility index (Phi) is 5.81. The lowest BCUT2D eigenvalue weighted by Crippen LogP contribution is -2.46. The van der Waals surface area contributed by atoms with Crippen molar-refractivity contribution in [3.63, 3.8) is 0 Å². The van der Waals surface area contributed by atoms with Crippen LogP contribution in [0.1, 0.15) is 59.3 Å². The molecule has 4 N–H and O–H groups in total. The van der Waals surface area contributed by atoms with Crippen molar-refractivity contribution in [1.82, 2.24) is 5.32 Å². The van der Waals surface area contributed by atoms with E-state index in [1.54, 1.807) is 0 Å². The molecule has 0 aliphatic heterocycles. The molecule has 19 heavy (non-hydrogen) atoms. The van der Waals surface area contributed by atoms with E-state index in [0.717, 1.165) is 32.1 Å². The highest BCUT2D eigenvalue weighted by atomic mass is 16.3. The summed E-state index contributed by atoms with van der Waals surface area (Å²) in [6, 6.07) is 0. The van der Waals surface area contributed by atoms with Crippen LogP contribution in [0.2, 0.25) is 0 Å². The lowest BCUT2D eigenvalue weighted by molar-refractivity contribution is -0.123. The van der Waals surface area contributed by atoms with Gasteiger partial charge in [-0.15, -0.1) is 0 Å². The van der Waals surface area contributed by atoms with Crippen LogP contribution in [-0.2, 0) is 4.79 Å². The molecule has 0 radical (unpaired) electrons. The fourth-order valence-corrected chi connectivity index (χ4v) is 2.42. The molecule has 1 rings (SSSR count). The van der Waals surface area contributed by atoms with Crippen LogP contribution in [0.15, 0.2) is 0 Å². The van der Waals surface area contributed by atoms with E-state index in [1.165, 1.54) is 0 Å². The zero-order valence-electron chi connectivity index (χ0n) is 12.7. The zero-order chi connectivity index (χ0) is 14.5. The number of hydrogen-bond acceptors (Lipinski definition) is 3. The van der Waals surface area contributed by atoms with Gasteiger partial charge < -0.3 is 16.2 Å². The fraction of sp³-hybridized carbons (Fsp3) is 0.933. The van der Waals surface area contributed by atoms with Crippen LogP contribution in [0.4, 0.5) is 0 Å². The van der Waals surface area contributed by atoms with Crippen molar-refractivity contribution >= 4 is 5.91 Å². The normalized spacial score (nSPS) is 22.8. The maximum absolute atomic E-state index is 11.7. The van der Waals surface area contributed by atoms with Crippen LogP contribution >= 0.6 is 0 Å². The van der Waals surface area contributed by atoms with E-state index in [0.29, 0.717) is 30.8 Å². The van der Waals surface area contributed by atoms with E-state index in [2.05, 4.69) is 19.2 Å². The second kappa shape index (κ2) is 6.71. The molecule has 0 aromatic rings. The average Bonchev–Trinajstić information content (AvgIpc) is 2.38. The third-order valence-corrected chi connectivity index (χ3v) is 4.42. The van der Waals surface area contributed by atoms with Gasteiger partial charge in [0.1, 0.15) is 0 Å². The molecule has 0 saturated heterocycles. The summed E-state index contributed by atoms with van der Waals surface area (Å²) in [6.07, 6.45) is 4.90. The van der Waals surface area contributed by atoms with Gasteiger partial charge >= 0.3 is 0 Å². The number of nitrogens with one attached hydrogen (secondary N) is 1. The van der Waals surface area contributed by atoms with Crippen LogP contribution in [0, 0.1) is 11.3 Å². The predicted octanol–water partition coefficient (Wildman–Crippen LogP) is 1.81. The molecule has 1 saturated carbocycles. The third-order valence-electron chi connectivity index (χ3n) is 4.42. The molecule has 112 valence electrons. The lowest BCUT2D eigenvalue weighted by Gasteiger charge is -2.40. The number of carbonyl (C=O) groups excluding carboxylic acids is 1. The Balaban J connectivity index is 2.26. The zero-order valence-corrected chi connectivity index (χ0v) is 12.7. The summed E-state index contributed by atoms with van der Waals surface area (Å²) < 4.78 is 0. The number of amides is 1. The molecule has 1 aliphatic rings. The summed E-state index contributed by atoms with van der Waals surface area (Å²) in [4.78, 5) is 11.7. The summed E-state index contributed by atoms with van der Waals surface area (Å²) >= 11 is 0. The minimum atomic E-state index is -0.704.